The second-order valence-corrected chi connectivity index (χ2v) is 12.0. The number of hydrogen-bond acceptors (Lipinski definition) is 4. The highest BCUT2D eigenvalue weighted by Gasteiger charge is 2.34. The minimum Gasteiger partial charge on any atom is -0.352 e. The van der Waals surface area contributed by atoms with Crippen LogP contribution < -0.4 is 9.62 Å². The molecule has 0 spiro atoms. The zero-order valence-corrected chi connectivity index (χ0v) is 24.8. The van der Waals surface area contributed by atoms with Crippen LogP contribution in [0.1, 0.15) is 39.2 Å². The molecule has 0 aliphatic heterocycles. The van der Waals surface area contributed by atoms with Crippen molar-refractivity contribution in [1.29, 1.82) is 0 Å². The number of anilines is 1. The van der Waals surface area contributed by atoms with Crippen molar-refractivity contribution in [2.75, 3.05) is 10.8 Å². The summed E-state index contributed by atoms with van der Waals surface area (Å²) in [5.74, 6) is -1.54. The summed E-state index contributed by atoms with van der Waals surface area (Å²) in [4.78, 5) is 28.5. The minimum atomic E-state index is -4.28. The maximum Gasteiger partial charge on any atom is 0.264 e. The van der Waals surface area contributed by atoms with Gasteiger partial charge in [-0.2, -0.15) is 0 Å². The Morgan fingerprint density at radius 3 is 2.15 bits per heavy atom. The average Bonchev–Trinajstić information content (AvgIpc) is 2.93. The second kappa shape index (κ2) is 14.0. The average molecular weight is 609 g/mol. The number of rotatable bonds is 12. The van der Waals surface area contributed by atoms with Crippen molar-refractivity contribution >= 4 is 50.7 Å². The third kappa shape index (κ3) is 7.74. The van der Waals surface area contributed by atoms with Crippen LogP contribution in [0, 0.1) is 5.82 Å². The molecule has 0 aromatic heterocycles. The van der Waals surface area contributed by atoms with E-state index in [0.717, 1.165) is 28.6 Å². The molecule has 2 amide bonds. The van der Waals surface area contributed by atoms with E-state index in [4.69, 9.17) is 23.2 Å². The Balaban J connectivity index is 2.05. The van der Waals surface area contributed by atoms with Crippen LogP contribution >= 0.6 is 23.2 Å². The number of nitrogens with one attached hydrogen (secondary N) is 1. The van der Waals surface area contributed by atoms with Crippen LogP contribution in [0.3, 0.4) is 0 Å². The normalized spacial score (nSPS) is 12.8. The Hall–Kier alpha value is -3.14. The van der Waals surface area contributed by atoms with Crippen molar-refractivity contribution < 1.29 is 22.4 Å². The number of benzene rings is 3. The molecule has 0 fully saturated rings. The summed E-state index contributed by atoms with van der Waals surface area (Å²) in [5.41, 5.74) is 0.858. The highest BCUT2D eigenvalue weighted by atomic mass is 35.5. The Morgan fingerprint density at radius 2 is 1.57 bits per heavy atom. The highest BCUT2D eigenvalue weighted by molar-refractivity contribution is 7.92. The van der Waals surface area contributed by atoms with Gasteiger partial charge in [-0.05, 0) is 73.9 Å². The van der Waals surface area contributed by atoms with Crippen LogP contribution in [0.2, 0.25) is 10.0 Å². The Labute approximate surface area is 244 Å². The molecule has 3 aromatic rings. The van der Waals surface area contributed by atoms with Crippen LogP contribution in [-0.4, -0.2) is 43.8 Å². The SMILES string of the molecule is CC[C@H](C(=O)N[C@@H](C)CC)N(Cc1ccc(Cl)c(Cl)c1)C(=O)CN(c1ccccc1)S(=O)(=O)c1ccc(F)cc1. The maximum absolute atomic E-state index is 14.0. The first-order chi connectivity index (χ1) is 19.0. The molecule has 7 nitrogen and oxygen atoms in total. The molecule has 0 saturated heterocycles. The van der Waals surface area contributed by atoms with Gasteiger partial charge in [-0.15, -0.1) is 0 Å². The van der Waals surface area contributed by atoms with Gasteiger partial charge in [0, 0.05) is 12.6 Å². The van der Waals surface area contributed by atoms with Gasteiger partial charge in [0.15, 0.2) is 0 Å². The molecular weight excluding hydrogens is 576 g/mol. The number of nitrogens with zero attached hydrogens (tertiary/aromatic N) is 2. The highest BCUT2D eigenvalue weighted by Crippen LogP contribution is 2.26. The Kier molecular flexibility index (Phi) is 11.0. The summed E-state index contributed by atoms with van der Waals surface area (Å²) in [6, 6.07) is 16.4. The van der Waals surface area contributed by atoms with Gasteiger partial charge >= 0.3 is 0 Å². The maximum atomic E-state index is 14.0. The van der Waals surface area contributed by atoms with E-state index in [1.807, 2.05) is 13.8 Å². The van der Waals surface area contributed by atoms with Crippen LogP contribution in [0.4, 0.5) is 10.1 Å². The molecule has 11 heteroatoms. The molecular formula is C29H32Cl2FN3O4S. The van der Waals surface area contributed by atoms with E-state index in [0.29, 0.717) is 17.0 Å². The number of halogens is 3. The van der Waals surface area contributed by atoms with E-state index in [2.05, 4.69) is 5.32 Å². The van der Waals surface area contributed by atoms with Gasteiger partial charge in [0.1, 0.15) is 18.4 Å². The quantitative estimate of drug-likeness (QED) is 0.271. The Bertz CT molecular complexity index is 1420. The molecule has 40 heavy (non-hydrogen) atoms. The van der Waals surface area contributed by atoms with Gasteiger partial charge in [0.2, 0.25) is 11.8 Å². The summed E-state index contributed by atoms with van der Waals surface area (Å²) in [6.07, 6.45) is 0.978. The number of amides is 2. The van der Waals surface area contributed by atoms with Gasteiger partial charge < -0.3 is 10.2 Å². The van der Waals surface area contributed by atoms with E-state index in [9.17, 15) is 22.4 Å². The molecule has 1 N–H and O–H groups in total. The lowest BCUT2D eigenvalue weighted by Crippen LogP contribution is -2.53. The third-order valence-electron chi connectivity index (χ3n) is 6.45. The van der Waals surface area contributed by atoms with E-state index < -0.39 is 34.3 Å². The first-order valence-corrected chi connectivity index (χ1v) is 15.0. The number of hydrogen-bond donors (Lipinski definition) is 1. The fraction of sp³-hybridized carbons (Fsp3) is 0.310. The lowest BCUT2D eigenvalue weighted by Gasteiger charge is -2.33. The summed E-state index contributed by atoms with van der Waals surface area (Å²) in [6.45, 7) is 4.96. The smallest absolute Gasteiger partial charge is 0.264 e. The standard InChI is InChI=1S/C29H32Cl2FN3O4S/c1-4-20(3)33-29(37)27(5-2)34(18-21-11-16-25(30)26(31)17-21)28(36)19-35(23-9-7-6-8-10-23)40(38,39)24-14-12-22(32)13-15-24/h6-17,20,27H,4-5,18-19H2,1-3H3,(H,33,37)/t20-,27+/m0/s1. The first-order valence-electron chi connectivity index (χ1n) is 12.8. The van der Waals surface area contributed by atoms with Crippen LogP contribution in [0.25, 0.3) is 0 Å². The Morgan fingerprint density at radius 1 is 0.925 bits per heavy atom. The van der Waals surface area contributed by atoms with E-state index in [1.54, 1.807) is 55.5 Å². The molecule has 3 rings (SSSR count). The fourth-order valence-corrected chi connectivity index (χ4v) is 5.79. The monoisotopic (exact) mass is 607 g/mol. The van der Waals surface area contributed by atoms with Gasteiger partial charge in [-0.3, -0.25) is 13.9 Å². The molecule has 2 atom stereocenters. The summed E-state index contributed by atoms with van der Waals surface area (Å²) >= 11 is 12.3. The predicted octanol–water partition coefficient (Wildman–Crippen LogP) is 6.05. The zero-order chi connectivity index (χ0) is 29.4. The number of carbonyl (C=O) groups excluding carboxylic acids is 2. The summed E-state index contributed by atoms with van der Waals surface area (Å²) < 4.78 is 42.0. The van der Waals surface area contributed by atoms with Crippen molar-refractivity contribution in [3.63, 3.8) is 0 Å². The van der Waals surface area contributed by atoms with Gasteiger partial charge in [-0.25, -0.2) is 12.8 Å². The molecule has 0 radical (unpaired) electrons. The van der Waals surface area contributed by atoms with E-state index >= 15 is 0 Å². The summed E-state index contributed by atoms with van der Waals surface area (Å²) in [7, 11) is -4.28. The molecule has 0 aliphatic carbocycles. The molecule has 0 heterocycles. The van der Waals surface area contributed by atoms with E-state index in [1.165, 1.54) is 4.90 Å². The third-order valence-corrected chi connectivity index (χ3v) is 8.98. The second-order valence-electron chi connectivity index (χ2n) is 9.31. The topological polar surface area (TPSA) is 86.8 Å². The van der Waals surface area contributed by atoms with Crippen molar-refractivity contribution in [2.45, 2.75) is 57.1 Å². The molecule has 0 bridgehead atoms. The lowest BCUT2D eigenvalue weighted by atomic mass is 10.1. The molecule has 0 aliphatic rings. The molecule has 3 aromatic carbocycles. The van der Waals surface area contributed by atoms with Gasteiger partial charge in [0.05, 0.1) is 20.6 Å². The molecule has 214 valence electrons. The van der Waals surface area contributed by atoms with Crippen molar-refractivity contribution in [3.8, 4) is 0 Å². The van der Waals surface area contributed by atoms with Crippen molar-refractivity contribution in [3.05, 3.63) is 94.2 Å². The lowest BCUT2D eigenvalue weighted by molar-refractivity contribution is -0.140. The number of para-hydroxylation sites is 1. The molecule has 0 saturated carbocycles. The van der Waals surface area contributed by atoms with Crippen molar-refractivity contribution in [1.82, 2.24) is 10.2 Å². The number of sulfonamides is 1. The van der Waals surface area contributed by atoms with Gasteiger partial charge in [-0.1, -0.05) is 61.3 Å². The van der Waals surface area contributed by atoms with Crippen LogP contribution in [0.5, 0.6) is 0 Å². The van der Waals surface area contributed by atoms with Crippen LogP contribution in [-0.2, 0) is 26.2 Å². The number of carbonyl (C=O) groups is 2. The minimum absolute atomic E-state index is 0.0125. The van der Waals surface area contributed by atoms with Gasteiger partial charge in [0.25, 0.3) is 10.0 Å². The zero-order valence-electron chi connectivity index (χ0n) is 22.5. The molecule has 0 unspecified atom stereocenters. The largest absolute Gasteiger partial charge is 0.352 e. The predicted molar refractivity (Wildman–Crippen MR) is 156 cm³/mol. The van der Waals surface area contributed by atoms with E-state index in [-0.39, 0.29) is 40.5 Å². The first kappa shape index (κ1) is 31.4. The van der Waals surface area contributed by atoms with Crippen molar-refractivity contribution in [2.24, 2.45) is 0 Å². The fourth-order valence-electron chi connectivity index (χ4n) is 4.05. The summed E-state index contributed by atoms with van der Waals surface area (Å²) in [5, 5.41) is 3.55. The van der Waals surface area contributed by atoms with Crippen LogP contribution in [0.15, 0.2) is 77.7 Å².